The van der Waals surface area contributed by atoms with Crippen LogP contribution >= 0.6 is 11.6 Å². The molecule has 0 fully saturated rings. The molecule has 1 amide bonds. The van der Waals surface area contributed by atoms with E-state index in [0.717, 1.165) is 5.56 Å². The summed E-state index contributed by atoms with van der Waals surface area (Å²) < 4.78 is 10.4. The number of rotatable bonds is 9. The lowest BCUT2D eigenvalue weighted by Gasteiger charge is -2.22. The van der Waals surface area contributed by atoms with Crippen molar-refractivity contribution >= 4 is 23.5 Å². The van der Waals surface area contributed by atoms with E-state index in [2.05, 4.69) is 4.98 Å². The molecule has 1 aromatic heterocycles. The van der Waals surface area contributed by atoms with E-state index in [9.17, 15) is 9.59 Å². The molecule has 2 rings (SSSR count). The van der Waals surface area contributed by atoms with Crippen LogP contribution in [0.15, 0.2) is 48.8 Å². The molecule has 1 heterocycles. The third kappa shape index (κ3) is 6.72. The molecule has 1 aromatic carbocycles. The van der Waals surface area contributed by atoms with Gasteiger partial charge in [-0.25, -0.2) is 0 Å². The van der Waals surface area contributed by atoms with Gasteiger partial charge in [0.25, 0.3) is 5.91 Å². The van der Waals surface area contributed by atoms with Crippen LogP contribution in [0.5, 0.6) is 5.75 Å². The summed E-state index contributed by atoms with van der Waals surface area (Å²) in [6.07, 6.45) is 3.48. The number of pyridine rings is 1. The van der Waals surface area contributed by atoms with Gasteiger partial charge in [-0.2, -0.15) is 0 Å². The van der Waals surface area contributed by atoms with Crippen LogP contribution in [0.2, 0.25) is 5.02 Å². The predicted octanol–water partition coefficient (Wildman–Crippen LogP) is 3.10. The first-order valence-corrected chi connectivity index (χ1v) is 8.67. The lowest BCUT2D eigenvalue weighted by Crippen LogP contribution is -2.36. The largest absolute Gasteiger partial charge is 0.484 e. The second-order valence-electron chi connectivity index (χ2n) is 5.47. The third-order valence-corrected chi connectivity index (χ3v) is 3.77. The number of ether oxygens (including phenoxy) is 2. The molecule has 6 nitrogen and oxygen atoms in total. The second kappa shape index (κ2) is 10.4. The van der Waals surface area contributed by atoms with E-state index < -0.39 is 0 Å². The van der Waals surface area contributed by atoms with Gasteiger partial charge in [0.1, 0.15) is 5.75 Å². The molecule has 0 unspecified atom stereocenters. The molecule has 0 N–H and O–H groups in total. The number of halogens is 1. The molecule has 0 aliphatic carbocycles. The maximum absolute atomic E-state index is 12.6. The SMILES string of the molecule is CCOC(=O)CCN(Cc1cccnc1)C(=O)COc1ccc(Cl)cc1. The molecule has 0 radical (unpaired) electrons. The van der Waals surface area contributed by atoms with Crippen LogP contribution in [-0.4, -0.2) is 41.5 Å². The van der Waals surface area contributed by atoms with Crippen LogP contribution in [0, 0.1) is 0 Å². The number of benzene rings is 1. The van der Waals surface area contributed by atoms with Gasteiger partial charge in [-0.05, 0) is 42.8 Å². The zero-order valence-corrected chi connectivity index (χ0v) is 15.3. The van der Waals surface area contributed by atoms with Crippen LogP contribution in [0.3, 0.4) is 0 Å². The molecule has 0 saturated heterocycles. The van der Waals surface area contributed by atoms with Gasteiger partial charge in [0.15, 0.2) is 6.61 Å². The molecule has 0 aliphatic heterocycles. The Bertz CT molecular complexity index is 707. The van der Waals surface area contributed by atoms with Crippen molar-refractivity contribution in [3.8, 4) is 5.75 Å². The Morgan fingerprint density at radius 2 is 1.96 bits per heavy atom. The lowest BCUT2D eigenvalue weighted by molar-refractivity contribution is -0.144. The Hall–Kier alpha value is -2.60. The van der Waals surface area contributed by atoms with Gasteiger partial charge in [0.2, 0.25) is 0 Å². The zero-order chi connectivity index (χ0) is 18.8. The summed E-state index contributed by atoms with van der Waals surface area (Å²) in [7, 11) is 0. The Morgan fingerprint density at radius 3 is 2.62 bits per heavy atom. The summed E-state index contributed by atoms with van der Waals surface area (Å²) in [6.45, 7) is 2.52. The first-order valence-electron chi connectivity index (χ1n) is 8.29. The number of amides is 1. The van der Waals surface area contributed by atoms with Crippen molar-refractivity contribution in [3.63, 3.8) is 0 Å². The van der Waals surface area contributed by atoms with Crippen LogP contribution in [0.25, 0.3) is 0 Å². The van der Waals surface area contributed by atoms with E-state index in [-0.39, 0.29) is 31.4 Å². The number of carbonyl (C=O) groups is 2. The molecule has 2 aromatic rings. The van der Waals surface area contributed by atoms with Gasteiger partial charge >= 0.3 is 5.97 Å². The molecule has 138 valence electrons. The Morgan fingerprint density at radius 1 is 1.19 bits per heavy atom. The molecule has 7 heteroatoms. The number of hydrogen-bond acceptors (Lipinski definition) is 5. The summed E-state index contributed by atoms with van der Waals surface area (Å²) >= 11 is 5.83. The van der Waals surface area contributed by atoms with Gasteiger partial charge in [-0.1, -0.05) is 17.7 Å². The van der Waals surface area contributed by atoms with Crippen LogP contribution < -0.4 is 4.74 Å². The summed E-state index contributed by atoms with van der Waals surface area (Å²) in [4.78, 5) is 29.8. The fourth-order valence-electron chi connectivity index (χ4n) is 2.23. The first-order chi connectivity index (χ1) is 12.6. The Balaban J connectivity index is 1.97. The normalized spacial score (nSPS) is 10.2. The van der Waals surface area contributed by atoms with Crippen molar-refractivity contribution in [1.82, 2.24) is 9.88 Å². The standard InChI is InChI=1S/C19H21ClN2O4/c1-2-25-19(24)9-11-22(13-15-4-3-10-21-12-15)18(23)14-26-17-7-5-16(20)6-8-17/h3-8,10,12H,2,9,11,13-14H2,1H3. The maximum Gasteiger partial charge on any atom is 0.307 e. The van der Waals surface area contributed by atoms with Gasteiger partial charge in [-0.3, -0.25) is 14.6 Å². The van der Waals surface area contributed by atoms with Crippen molar-refractivity contribution in [2.24, 2.45) is 0 Å². The van der Waals surface area contributed by atoms with Crippen LogP contribution in [0.4, 0.5) is 0 Å². The van der Waals surface area contributed by atoms with Crippen LogP contribution in [0.1, 0.15) is 18.9 Å². The topological polar surface area (TPSA) is 68.7 Å². The fourth-order valence-corrected chi connectivity index (χ4v) is 2.36. The van der Waals surface area contributed by atoms with Crippen molar-refractivity contribution < 1.29 is 19.1 Å². The smallest absolute Gasteiger partial charge is 0.307 e. The number of nitrogens with zero attached hydrogens (tertiary/aromatic N) is 2. The minimum atomic E-state index is -0.338. The molecular weight excluding hydrogens is 356 g/mol. The summed E-state index contributed by atoms with van der Waals surface area (Å²) in [5, 5.41) is 0.594. The fraction of sp³-hybridized carbons (Fsp3) is 0.316. The molecule has 0 saturated carbocycles. The average molecular weight is 377 g/mol. The van der Waals surface area contributed by atoms with Gasteiger partial charge in [0.05, 0.1) is 13.0 Å². The van der Waals surface area contributed by atoms with E-state index in [1.165, 1.54) is 0 Å². The summed E-state index contributed by atoms with van der Waals surface area (Å²) in [5.74, 6) is -0.0160. The van der Waals surface area contributed by atoms with E-state index in [0.29, 0.717) is 23.9 Å². The van der Waals surface area contributed by atoms with Crippen molar-refractivity contribution in [2.75, 3.05) is 19.8 Å². The van der Waals surface area contributed by atoms with Crippen molar-refractivity contribution in [1.29, 1.82) is 0 Å². The molecule has 0 atom stereocenters. The molecule has 0 spiro atoms. The number of hydrogen-bond donors (Lipinski definition) is 0. The van der Waals surface area contributed by atoms with E-state index >= 15 is 0 Å². The van der Waals surface area contributed by atoms with Gasteiger partial charge in [-0.15, -0.1) is 0 Å². The lowest BCUT2D eigenvalue weighted by atomic mass is 10.2. The van der Waals surface area contributed by atoms with Gasteiger partial charge in [0, 0.05) is 30.5 Å². The highest BCUT2D eigenvalue weighted by atomic mass is 35.5. The summed E-state index contributed by atoms with van der Waals surface area (Å²) in [5.41, 5.74) is 0.871. The molecule has 0 aliphatic rings. The molecule has 26 heavy (non-hydrogen) atoms. The number of aromatic nitrogens is 1. The van der Waals surface area contributed by atoms with Gasteiger partial charge < -0.3 is 14.4 Å². The minimum absolute atomic E-state index is 0.126. The predicted molar refractivity (Wildman–Crippen MR) is 97.9 cm³/mol. The van der Waals surface area contributed by atoms with Crippen molar-refractivity contribution in [3.05, 3.63) is 59.4 Å². The highest BCUT2D eigenvalue weighted by molar-refractivity contribution is 6.30. The quantitative estimate of drug-likeness (QED) is 0.629. The third-order valence-electron chi connectivity index (χ3n) is 3.52. The summed E-state index contributed by atoms with van der Waals surface area (Å²) in [6, 6.07) is 10.4. The van der Waals surface area contributed by atoms with E-state index in [1.54, 1.807) is 54.5 Å². The Kier molecular flexibility index (Phi) is 7.89. The van der Waals surface area contributed by atoms with Crippen LogP contribution in [-0.2, 0) is 20.9 Å². The number of carbonyl (C=O) groups excluding carboxylic acids is 2. The minimum Gasteiger partial charge on any atom is -0.484 e. The Labute approximate surface area is 157 Å². The van der Waals surface area contributed by atoms with E-state index in [4.69, 9.17) is 21.1 Å². The zero-order valence-electron chi connectivity index (χ0n) is 14.6. The molecule has 0 bridgehead atoms. The van der Waals surface area contributed by atoms with Crippen molar-refractivity contribution in [2.45, 2.75) is 19.9 Å². The highest BCUT2D eigenvalue weighted by Crippen LogP contribution is 2.15. The highest BCUT2D eigenvalue weighted by Gasteiger charge is 2.17. The second-order valence-corrected chi connectivity index (χ2v) is 5.91. The van der Waals surface area contributed by atoms with E-state index in [1.807, 2.05) is 6.07 Å². The first kappa shape index (κ1) is 19.7. The molecular formula is C19H21ClN2O4. The monoisotopic (exact) mass is 376 g/mol. The maximum atomic E-state index is 12.6. The average Bonchev–Trinajstić information content (AvgIpc) is 2.65. The number of esters is 1.